The maximum absolute atomic E-state index is 5.50. The number of aromatic nitrogens is 3. The first-order valence-corrected chi connectivity index (χ1v) is 9.02. The standard InChI is InChI=1S/C20H19N3O2S/c1-4-5-14-26-20-22-21-19(17-8-6-7-9-18(17)25-3)23(20)15-10-12-16(24-2)13-11-15/h6-13H,14H2,1-3H3. The molecule has 0 atom stereocenters. The van der Waals surface area contributed by atoms with Gasteiger partial charge in [0, 0.05) is 0 Å². The summed E-state index contributed by atoms with van der Waals surface area (Å²) in [6.45, 7) is 1.83. The zero-order chi connectivity index (χ0) is 18.4. The second-order valence-electron chi connectivity index (χ2n) is 5.26. The van der Waals surface area contributed by atoms with E-state index in [-0.39, 0.29) is 0 Å². The van der Waals surface area contributed by atoms with Gasteiger partial charge in [-0.15, -0.1) is 16.1 Å². The van der Waals surface area contributed by atoms with Gasteiger partial charge >= 0.3 is 0 Å². The second-order valence-corrected chi connectivity index (χ2v) is 6.20. The van der Waals surface area contributed by atoms with E-state index < -0.39 is 0 Å². The monoisotopic (exact) mass is 365 g/mol. The Balaban J connectivity index is 2.13. The molecule has 1 aromatic heterocycles. The SMILES string of the molecule is CC#CCSc1nnc(-c2ccccc2OC)n1-c1ccc(OC)cc1. The quantitative estimate of drug-likeness (QED) is 0.487. The molecule has 0 aliphatic carbocycles. The fraction of sp³-hybridized carbons (Fsp3) is 0.200. The Bertz CT molecular complexity index is 940. The van der Waals surface area contributed by atoms with E-state index in [2.05, 4.69) is 22.0 Å². The molecule has 6 heteroatoms. The molecule has 0 spiro atoms. The Morgan fingerprint density at radius 1 is 1.00 bits per heavy atom. The summed E-state index contributed by atoms with van der Waals surface area (Å²) < 4.78 is 12.8. The van der Waals surface area contributed by atoms with E-state index in [0.29, 0.717) is 5.75 Å². The molecule has 0 unspecified atom stereocenters. The van der Waals surface area contributed by atoms with E-state index in [0.717, 1.165) is 33.7 Å². The Kier molecular flexibility index (Phi) is 5.82. The number of ether oxygens (including phenoxy) is 2. The van der Waals surface area contributed by atoms with Gasteiger partial charge in [-0.2, -0.15) is 0 Å². The summed E-state index contributed by atoms with van der Waals surface area (Å²) in [5, 5.41) is 9.58. The fourth-order valence-electron chi connectivity index (χ4n) is 2.50. The van der Waals surface area contributed by atoms with Gasteiger partial charge in [0.25, 0.3) is 0 Å². The molecule has 0 saturated carbocycles. The summed E-state index contributed by atoms with van der Waals surface area (Å²) in [7, 11) is 3.30. The molecule has 0 saturated heterocycles. The summed E-state index contributed by atoms with van der Waals surface area (Å²) in [4.78, 5) is 0. The topological polar surface area (TPSA) is 49.2 Å². The highest BCUT2D eigenvalue weighted by molar-refractivity contribution is 7.99. The van der Waals surface area contributed by atoms with Crippen LogP contribution in [0.4, 0.5) is 0 Å². The first-order valence-electron chi connectivity index (χ1n) is 8.04. The third-order valence-corrected chi connectivity index (χ3v) is 4.57. The predicted octanol–water partition coefficient (Wildman–Crippen LogP) is 4.07. The van der Waals surface area contributed by atoms with Crippen molar-refractivity contribution in [3.8, 4) is 40.4 Å². The minimum absolute atomic E-state index is 0.650. The van der Waals surface area contributed by atoms with Crippen LogP contribution in [0.3, 0.4) is 0 Å². The molecule has 26 heavy (non-hydrogen) atoms. The number of nitrogens with zero attached hydrogens (tertiary/aromatic N) is 3. The minimum atomic E-state index is 0.650. The van der Waals surface area contributed by atoms with Crippen molar-refractivity contribution in [2.45, 2.75) is 12.1 Å². The van der Waals surface area contributed by atoms with Crippen LogP contribution in [-0.2, 0) is 0 Å². The number of thioether (sulfide) groups is 1. The summed E-state index contributed by atoms with van der Waals surface area (Å²) >= 11 is 1.55. The van der Waals surface area contributed by atoms with E-state index in [9.17, 15) is 0 Å². The van der Waals surface area contributed by atoms with E-state index in [4.69, 9.17) is 9.47 Å². The normalized spacial score (nSPS) is 10.1. The highest BCUT2D eigenvalue weighted by atomic mass is 32.2. The smallest absolute Gasteiger partial charge is 0.197 e. The lowest BCUT2D eigenvalue weighted by molar-refractivity contribution is 0.414. The summed E-state index contributed by atoms with van der Waals surface area (Å²) in [5.74, 6) is 8.88. The van der Waals surface area contributed by atoms with Crippen LogP contribution in [-0.4, -0.2) is 34.7 Å². The lowest BCUT2D eigenvalue weighted by atomic mass is 10.2. The van der Waals surface area contributed by atoms with Gasteiger partial charge in [-0.3, -0.25) is 4.57 Å². The highest BCUT2D eigenvalue weighted by Gasteiger charge is 2.18. The molecule has 132 valence electrons. The molecule has 0 N–H and O–H groups in total. The molecular formula is C20H19N3O2S. The van der Waals surface area contributed by atoms with Crippen LogP contribution < -0.4 is 9.47 Å². The summed E-state index contributed by atoms with van der Waals surface area (Å²) in [5.41, 5.74) is 1.83. The van der Waals surface area contributed by atoms with Crippen LogP contribution in [0.5, 0.6) is 11.5 Å². The Morgan fingerprint density at radius 2 is 1.77 bits per heavy atom. The number of para-hydroxylation sites is 1. The minimum Gasteiger partial charge on any atom is -0.497 e. The van der Waals surface area contributed by atoms with Gasteiger partial charge in [0.1, 0.15) is 11.5 Å². The van der Waals surface area contributed by atoms with Crippen molar-refractivity contribution in [1.29, 1.82) is 0 Å². The zero-order valence-corrected chi connectivity index (χ0v) is 15.7. The van der Waals surface area contributed by atoms with E-state index in [1.165, 1.54) is 0 Å². The number of rotatable bonds is 6. The third-order valence-electron chi connectivity index (χ3n) is 3.76. The lowest BCUT2D eigenvalue weighted by Crippen LogP contribution is -2.01. The average molecular weight is 365 g/mol. The molecule has 0 fully saturated rings. The summed E-state index contributed by atoms with van der Waals surface area (Å²) in [6.07, 6.45) is 0. The number of benzene rings is 2. The van der Waals surface area contributed by atoms with E-state index in [1.807, 2.05) is 60.0 Å². The van der Waals surface area contributed by atoms with Gasteiger partial charge in [0.15, 0.2) is 11.0 Å². The van der Waals surface area contributed by atoms with Gasteiger partial charge in [0.05, 0.1) is 31.2 Å². The van der Waals surface area contributed by atoms with Crippen molar-refractivity contribution in [1.82, 2.24) is 14.8 Å². The molecule has 0 aliphatic rings. The van der Waals surface area contributed by atoms with Crippen molar-refractivity contribution < 1.29 is 9.47 Å². The van der Waals surface area contributed by atoms with Crippen molar-refractivity contribution in [2.24, 2.45) is 0 Å². The van der Waals surface area contributed by atoms with Gasteiger partial charge in [-0.1, -0.05) is 29.8 Å². The molecule has 3 aromatic rings. The molecule has 0 radical (unpaired) electrons. The summed E-state index contributed by atoms with van der Waals surface area (Å²) in [6, 6.07) is 15.6. The maximum atomic E-state index is 5.50. The Hall–Kier alpha value is -2.91. The van der Waals surface area contributed by atoms with Gasteiger partial charge in [-0.05, 0) is 43.3 Å². The largest absolute Gasteiger partial charge is 0.497 e. The van der Waals surface area contributed by atoms with Crippen LogP contribution in [0, 0.1) is 11.8 Å². The maximum Gasteiger partial charge on any atom is 0.197 e. The Labute approximate surface area is 157 Å². The van der Waals surface area contributed by atoms with E-state index >= 15 is 0 Å². The van der Waals surface area contributed by atoms with Gasteiger partial charge in [0.2, 0.25) is 0 Å². The number of hydrogen-bond donors (Lipinski definition) is 0. The van der Waals surface area contributed by atoms with Gasteiger partial charge in [-0.25, -0.2) is 0 Å². The van der Waals surface area contributed by atoms with Crippen molar-refractivity contribution in [3.63, 3.8) is 0 Å². The van der Waals surface area contributed by atoms with Crippen molar-refractivity contribution in [3.05, 3.63) is 48.5 Å². The molecule has 1 heterocycles. The first kappa shape index (κ1) is 17.9. The highest BCUT2D eigenvalue weighted by Crippen LogP contribution is 2.33. The molecule has 0 bridgehead atoms. The van der Waals surface area contributed by atoms with Crippen LogP contribution in [0.2, 0.25) is 0 Å². The van der Waals surface area contributed by atoms with E-state index in [1.54, 1.807) is 26.0 Å². The fourth-order valence-corrected chi connectivity index (χ4v) is 3.27. The van der Waals surface area contributed by atoms with Gasteiger partial charge < -0.3 is 9.47 Å². The third kappa shape index (κ3) is 3.68. The van der Waals surface area contributed by atoms with Crippen LogP contribution in [0.1, 0.15) is 6.92 Å². The second kappa shape index (κ2) is 8.45. The van der Waals surface area contributed by atoms with Crippen molar-refractivity contribution in [2.75, 3.05) is 20.0 Å². The van der Waals surface area contributed by atoms with Crippen LogP contribution >= 0.6 is 11.8 Å². The van der Waals surface area contributed by atoms with Crippen molar-refractivity contribution >= 4 is 11.8 Å². The first-order chi connectivity index (χ1) is 12.8. The molecule has 5 nitrogen and oxygen atoms in total. The number of hydrogen-bond acceptors (Lipinski definition) is 5. The number of methoxy groups -OCH3 is 2. The van der Waals surface area contributed by atoms with Crippen LogP contribution in [0.25, 0.3) is 17.1 Å². The molecular weight excluding hydrogens is 346 g/mol. The molecule has 0 amide bonds. The van der Waals surface area contributed by atoms with Crippen LogP contribution in [0.15, 0.2) is 53.7 Å². The molecule has 0 aliphatic heterocycles. The molecule has 2 aromatic carbocycles. The molecule has 3 rings (SSSR count). The predicted molar refractivity (Wildman–Crippen MR) is 104 cm³/mol. The Morgan fingerprint density at radius 3 is 2.46 bits per heavy atom. The lowest BCUT2D eigenvalue weighted by Gasteiger charge is -2.12. The zero-order valence-electron chi connectivity index (χ0n) is 14.9. The average Bonchev–Trinajstić information content (AvgIpc) is 3.12.